The van der Waals surface area contributed by atoms with Crippen LogP contribution in [0.4, 0.5) is 36.4 Å². The topological polar surface area (TPSA) is 139 Å². The molecule has 0 radical (unpaired) electrons. The number of hydrogen-bond donors (Lipinski definition) is 3. The number of aromatic nitrogens is 2. The fourth-order valence-corrected chi connectivity index (χ4v) is 4.76. The first kappa shape index (κ1) is 32.3. The van der Waals surface area contributed by atoms with Crippen LogP contribution < -0.4 is 16.4 Å². The summed E-state index contributed by atoms with van der Waals surface area (Å²) < 4.78 is 99.3. The van der Waals surface area contributed by atoms with Crippen molar-refractivity contribution in [2.24, 2.45) is 11.7 Å². The van der Waals surface area contributed by atoms with Gasteiger partial charge in [0.05, 0.1) is 29.6 Å². The number of anilines is 1. The maximum atomic E-state index is 14.9. The van der Waals surface area contributed by atoms with E-state index in [4.69, 9.17) is 5.73 Å². The summed E-state index contributed by atoms with van der Waals surface area (Å²) >= 11 is 0. The fraction of sp³-hybridized carbons (Fsp3) is 0.480. The Bertz CT molecular complexity index is 1370. The quantitative estimate of drug-likeness (QED) is 0.395. The Kier molecular flexibility index (Phi) is 9.22. The van der Waals surface area contributed by atoms with Crippen LogP contribution >= 0.6 is 0 Å². The summed E-state index contributed by atoms with van der Waals surface area (Å²) in [5.74, 6) is -9.72. The molecule has 1 saturated heterocycles. The second-order valence-corrected chi connectivity index (χ2v) is 9.94. The number of rotatable bonds is 8. The van der Waals surface area contributed by atoms with Crippen molar-refractivity contribution < 1.29 is 49.9 Å². The van der Waals surface area contributed by atoms with Gasteiger partial charge in [-0.3, -0.25) is 23.9 Å². The van der Waals surface area contributed by atoms with Crippen LogP contribution in [0.1, 0.15) is 60.8 Å². The van der Waals surface area contributed by atoms with Gasteiger partial charge in [-0.15, -0.1) is 0 Å². The number of nitrogens with two attached hydrogens (primary N) is 1. The van der Waals surface area contributed by atoms with Crippen LogP contribution in [0.25, 0.3) is 0 Å². The Hall–Kier alpha value is -4.18. The Labute approximate surface area is 234 Å². The molecule has 17 heteroatoms. The normalized spacial score (nSPS) is 18.2. The Morgan fingerprint density at radius 3 is 2.29 bits per heavy atom. The van der Waals surface area contributed by atoms with Gasteiger partial charge in [0, 0.05) is 18.8 Å². The maximum Gasteiger partial charge on any atom is 0.416 e. The van der Waals surface area contributed by atoms with E-state index in [2.05, 4.69) is 10.4 Å². The van der Waals surface area contributed by atoms with Gasteiger partial charge in [0.15, 0.2) is 0 Å². The lowest BCUT2D eigenvalue weighted by molar-refractivity contribution is -0.192. The lowest BCUT2D eigenvalue weighted by Crippen LogP contribution is -2.51. The van der Waals surface area contributed by atoms with Crippen LogP contribution in [0.15, 0.2) is 24.4 Å². The van der Waals surface area contributed by atoms with Crippen molar-refractivity contribution in [1.29, 1.82) is 0 Å². The van der Waals surface area contributed by atoms with Crippen LogP contribution in [-0.2, 0) is 20.6 Å². The van der Waals surface area contributed by atoms with E-state index in [9.17, 15) is 49.9 Å². The molecule has 1 aromatic carbocycles. The maximum absolute atomic E-state index is 14.9. The second-order valence-electron chi connectivity index (χ2n) is 9.94. The average molecular weight is 609 g/mol. The molecule has 3 unspecified atom stereocenters. The van der Waals surface area contributed by atoms with Gasteiger partial charge < -0.3 is 21.3 Å². The van der Waals surface area contributed by atoms with E-state index in [1.165, 1.54) is 16.9 Å². The number of carbonyl (C=O) groups excluding carboxylic acids is 4. The molecular weight excluding hydrogens is 581 g/mol. The average Bonchev–Trinajstić information content (AvgIpc) is 3.55. The standard InChI is InChI=1S/C25H27F7N6O4/c1-11(2)38-18(4-6-35-38)22(41)34-10-19(39)36-17-9-15(24(27,28)29)14(8-16(17)26)12(3)23(42)37-7-5-13(21(33)40)20(37)25(30,31)32/h4,6,8-9,11-13,20H,5,7,10H2,1-3H3,(H2,33,40)(H,34,41)(H,36,39). The van der Waals surface area contributed by atoms with Gasteiger partial charge in [-0.25, -0.2) is 4.39 Å². The summed E-state index contributed by atoms with van der Waals surface area (Å²) in [4.78, 5) is 49.5. The number of carbonyl (C=O) groups is 4. The molecule has 1 aliphatic heterocycles. The molecule has 2 aromatic rings. The summed E-state index contributed by atoms with van der Waals surface area (Å²) in [7, 11) is 0. The van der Waals surface area contributed by atoms with Gasteiger partial charge in [-0.05, 0) is 51.0 Å². The molecule has 0 spiro atoms. The van der Waals surface area contributed by atoms with E-state index in [-0.39, 0.29) is 22.7 Å². The molecule has 1 aromatic heterocycles. The van der Waals surface area contributed by atoms with Crippen LogP contribution in [0, 0.1) is 11.7 Å². The van der Waals surface area contributed by atoms with Crippen molar-refractivity contribution in [3.63, 3.8) is 0 Å². The number of likely N-dealkylation sites (tertiary alicyclic amines) is 1. The molecule has 230 valence electrons. The number of alkyl halides is 6. The van der Waals surface area contributed by atoms with Crippen molar-refractivity contribution in [2.75, 3.05) is 18.4 Å². The molecular formula is C25H27F7N6O4. The van der Waals surface area contributed by atoms with E-state index < -0.39 is 96.0 Å². The van der Waals surface area contributed by atoms with E-state index in [1.807, 2.05) is 5.32 Å². The zero-order chi connectivity index (χ0) is 31.7. The molecule has 3 rings (SSSR count). The fourth-order valence-electron chi connectivity index (χ4n) is 4.76. The molecule has 0 saturated carbocycles. The highest BCUT2D eigenvalue weighted by molar-refractivity contribution is 5.98. The lowest BCUT2D eigenvalue weighted by atomic mass is 9.92. The van der Waals surface area contributed by atoms with Gasteiger partial charge in [-0.2, -0.15) is 31.4 Å². The molecule has 4 amide bonds. The Morgan fingerprint density at radius 1 is 1.10 bits per heavy atom. The van der Waals surface area contributed by atoms with Crippen molar-refractivity contribution in [2.45, 2.75) is 57.5 Å². The summed E-state index contributed by atoms with van der Waals surface area (Å²) in [6, 6.07) is -0.981. The van der Waals surface area contributed by atoms with E-state index in [0.717, 1.165) is 6.92 Å². The number of amides is 4. The molecule has 1 aliphatic rings. The molecule has 4 N–H and O–H groups in total. The minimum atomic E-state index is -5.22. The number of hydrogen-bond acceptors (Lipinski definition) is 5. The molecule has 10 nitrogen and oxygen atoms in total. The van der Waals surface area contributed by atoms with Gasteiger partial charge in [0.1, 0.15) is 17.6 Å². The summed E-state index contributed by atoms with van der Waals surface area (Å²) in [5.41, 5.74) is 1.62. The zero-order valence-electron chi connectivity index (χ0n) is 22.4. The first-order valence-electron chi connectivity index (χ1n) is 12.5. The Morgan fingerprint density at radius 2 is 1.74 bits per heavy atom. The predicted molar refractivity (Wildman–Crippen MR) is 132 cm³/mol. The predicted octanol–water partition coefficient (Wildman–Crippen LogP) is 3.36. The SMILES string of the molecule is CC(C(=O)N1CCC(C(N)=O)C1C(F)(F)F)c1cc(F)c(NC(=O)CNC(=O)c2ccnn2C(C)C)cc1C(F)(F)F. The summed E-state index contributed by atoms with van der Waals surface area (Å²) in [6.07, 6.45) is -9.44. The van der Waals surface area contributed by atoms with Crippen LogP contribution in [0.5, 0.6) is 0 Å². The number of nitrogens with one attached hydrogen (secondary N) is 2. The van der Waals surface area contributed by atoms with Crippen molar-refractivity contribution in [3.8, 4) is 0 Å². The highest BCUT2D eigenvalue weighted by atomic mass is 19.4. The number of halogens is 7. The molecule has 42 heavy (non-hydrogen) atoms. The number of primary amides is 1. The molecule has 3 atom stereocenters. The van der Waals surface area contributed by atoms with Crippen molar-refractivity contribution in [3.05, 3.63) is 47.0 Å². The largest absolute Gasteiger partial charge is 0.416 e. The highest BCUT2D eigenvalue weighted by Gasteiger charge is 2.56. The first-order chi connectivity index (χ1) is 19.3. The second kappa shape index (κ2) is 12.0. The highest BCUT2D eigenvalue weighted by Crippen LogP contribution is 2.42. The first-order valence-corrected chi connectivity index (χ1v) is 12.5. The van der Waals surface area contributed by atoms with Gasteiger partial charge >= 0.3 is 12.4 Å². The van der Waals surface area contributed by atoms with E-state index >= 15 is 0 Å². The van der Waals surface area contributed by atoms with Gasteiger partial charge in [0.2, 0.25) is 17.7 Å². The monoisotopic (exact) mass is 608 g/mol. The number of benzene rings is 1. The third-order valence-corrected chi connectivity index (χ3v) is 6.74. The number of nitrogens with zero attached hydrogens (tertiary/aromatic N) is 3. The van der Waals surface area contributed by atoms with Crippen LogP contribution in [0.2, 0.25) is 0 Å². The van der Waals surface area contributed by atoms with Crippen LogP contribution in [0.3, 0.4) is 0 Å². The smallest absolute Gasteiger partial charge is 0.369 e. The molecule has 0 bridgehead atoms. The minimum Gasteiger partial charge on any atom is -0.369 e. The molecule has 1 fully saturated rings. The minimum absolute atomic E-state index is 0.0965. The van der Waals surface area contributed by atoms with Crippen molar-refractivity contribution >= 4 is 29.3 Å². The zero-order valence-corrected chi connectivity index (χ0v) is 22.4. The van der Waals surface area contributed by atoms with Gasteiger partial charge in [-0.1, -0.05) is 0 Å². The Balaban J connectivity index is 1.84. The summed E-state index contributed by atoms with van der Waals surface area (Å²) in [6.45, 7) is 2.99. The van der Waals surface area contributed by atoms with E-state index in [1.54, 1.807) is 13.8 Å². The van der Waals surface area contributed by atoms with Crippen LogP contribution in [-0.4, -0.2) is 63.6 Å². The van der Waals surface area contributed by atoms with Gasteiger partial charge in [0.25, 0.3) is 5.91 Å². The molecule has 0 aliphatic carbocycles. The van der Waals surface area contributed by atoms with E-state index in [0.29, 0.717) is 6.07 Å². The van der Waals surface area contributed by atoms with Crippen molar-refractivity contribution in [1.82, 2.24) is 20.0 Å². The molecule has 2 heterocycles. The third-order valence-electron chi connectivity index (χ3n) is 6.74. The lowest BCUT2D eigenvalue weighted by Gasteiger charge is -2.31. The summed E-state index contributed by atoms with van der Waals surface area (Å²) in [5, 5.41) is 8.11. The third kappa shape index (κ3) is 6.82.